The lowest BCUT2D eigenvalue weighted by Crippen LogP contribution is -2.12. The average molecular weight is 281 g/mol. The maximum Gasteiger partial charge on any atom is 0.175 e. The fourth-order valence-corrected chi connectivity index (χ4v) is 5.27. The molecule has 0 bridgehead atoms. The SMILES string of the molecule is CCC(C)Cc1c(C2CCCCC2)cc[s+]1N(C)C. The van der Waals surface area contributed by atoms with Crippen molar-refractivity contribution in [2.45, 2.75) is 64.7 Å². The first-order valence-corrected chi connectivity index (χ1v) is 9.19. The Labute approximate surface area is 122 Å². The quantitative estimate of drug-likeness (QED) is 0.664. The lowest BCUT2D eigenvalue weighted by atomic mass is 9.83. The van der Waals surface area contributed by atoms with Crippen LogP contribution >= 0.6 is 10.7 Å². The zero-order valence-corrected chi connectivity index (χ0v) is 13.9. The molecule has 0 aliphatic heterocycles. The Bertz CT molecular complexity index is 388. The Kier molecular flexibility index (Phi) is 5.47. The smallest absolute Gasteiger partial charge is 0.112 e. The van der Waals surface area contributed by atoms with Crippen LogP contribution < -0.4 is 4.31 Å². The fourth-order valence-electron chi connectivity index (χ4n) is 3.22. The van der Waals surface area contributed by atoms with Gasteiger partial charge in [0.05, 0.1) is 10.7 Å². The first-order chi connectivity index (χ1) is 9.13. The largest absolute Gasteiger partial charge is 0.175 e. The molecule has 2 atom stereocenters. The van der Waals surface area contributed by atoms with Gasteiger partial charge in [-0.25, -0.2) is 0 Å². The average Bonchev–Trinajstić information content (AvgIpc) is 2.83. The maximum atomic E-state index is 2.47. The summed E-state index contributed by atoms with van der Waals surface area (Å²) in [4.78, 5) is 1.76. The van der Waals surface area contributed by atoms with Gasteiger partial charge in [-0.15, -0.1) is 4.31 Å². The topological polar surface area (TPSA) is 3.24 Å². The van der Waals surface area contributed by atoms with Crippen molar-refractivity contribution < 1.29 is 0 Å². The molecular formula is C17H30NS+. The van der Waals surface area contributed by atoms with Gasteiger partial charge in [-0.3, -0.25) is 0 Å². The van der Waals surface area contributed by atoms with Crippen LogP contribution in [0.15, 0.2) is 11.4 Å². The molecule has 1 saturated carbocycles. The van der Waals surface area contributed by atoms with E-state index in [4.69, 9.17) is 0 Å². The highest BCUT2D eigenvalue weighted by molar-refractivity contribution is 7.32. The van der Waals surface area contributed by atoms with Gasteiger partial charge < -0.3 is 0 Å². The van der Waals surface area contributed by atoms with Crippen molar-refractivity contribution in [2.24, 2.45) is 5.92 Å². The molecule has 1 aliphatic rings. The van der Waals surface area contributed by atoms with Crippen molar-refractivity contribution in [3.8, 4) is 0 Å². The van der Waals surface area contributed by atoms with Crippen molar-refractivity contribution in [1.82, 2.24) is 0 Å². The third-order valence-corrected chi connectivity index (χ3v) is 6.71. The lowest BCUT2D eigenvalue weighted by molar-refractivity contribution is 0.440. The molecular weight excluding hydrogens is 250 g/mol. The van der Waals surface area contributed by atoms with E-state index < -0.39 is 0 Å². The van der Waals surface area contributed by atoms with Gasteiger partial charge in [0, 0.05) is 32.1 Å². The Morgan fingerprint density at radius 1 is 1.26 bits per heavy atom. The summed E-state index contributed by atoms with van der Waals surface area (Å²) in [7, 11) is 4.72. The summed E-state index contributed by atoms with van der Waals surface area (Å²) in [6.07, 6.45) is 9.78. The second kappa shape index (κ2) is 6.90. The molecule has 2 heteroatoms. The highest BCUT2D eigenvalue weighted by atomic mass is 32.2. The third-order valence-electron chi connectivity index (χ3n) is 4.62. The zero-order chi connectivity index (χ0) is 13.8. The predicted molar refractivity (Wildman–Crippen MR) is 88.0 cm³/mol. The van der Waals surface area contributed by atoms with E-state index in [1.807, 2.05) is 0 Å². The summed E-state index contributed by atoms with van der Waals surface area (Å²) in [5.74, 6) is 1.69. The number of thiophene rings is 1. The van der Waals surface area contributed by atoms with Crippen LogP contribution in [0.3, 0.4) is 0 Å². The van der Waals surface area contributed by atoms with Gasteiger partial charge in [0.15, 0.2) is 10.3 Å². The summed E-state index contributed by atoms with van der Waals surface area (Å²) in [6.45, 7) is 4.72. The van der Waals surface area contributed by atoms with E-state index in [9.17, 15) is 0 Å². The minimum absolute atomic E-state index is 0.262. The Hall–Kier alpha value is -0.340. The number of hydrogen-bond donors (Lipinski definition) is 0. The van der Waals surface area contributed by atoms with Crippen molar-refractivity contribution >= 4 is 10.7 Å². The molecule has 0 amide bonds. The van der Waals surface area contributed by atoms with Crippen LogP contribution in [0.1, 0.15) is 68.7 Å². The van der Waals surface area contributed by atoms with E-state index in [0.29, 0.717) is 0 Å². The van der Waals surface area contributed by atoms with Gasteiger partial charge >= 0.3 is 0 Å². The van der Waals surface area contributed by atoms with Crippen molar-refractivity contribution in [1.29, 1.82) is 0 Å². The summed E-state index contributed by atoms with van der Waals surface area (Å²) in [6, 6.07) is 2.47. The van der Waals surface area contributed by atoms with Crippen LogP contribution in [0.4, 0.5) is 0 Å². The highest BCUT2D eigenvalue weighted by Gasteiger charge is 2.28. The standard InChI is InChI=1S/C17H30NS/c1-5-14(2)13-17-16(11-12-19(17)18(3)4)15-9-7-6-8-10-15/h11-12,14-15H,5-10,13H2,1-4H3/q+1. The molecule has 2 rings (SSSR count). The molecule has 0 spiro atoms. The second-order valence-corrected chi connectivity index (χ2v) is 8.49. The van der Waals surface area contributed by atoms with Gasteiger partial charge in [-0.1, -0.05) is 39.5 Å². The molecule has 0 radical (unpaired) electrons. The summed E-state index contributed by atoms with van der Waals surface area (Å²) in [5, 5.41) is 2.46. The zero-order valence-electron chi connectivity index (χ0n) is 13.1. The van der Waals surface area contributed by atoms with E-state index in [0.717, 1.165) is 11.8 Å². The summed E-state index contributed by atoms with van der Waals surface area (Å²) in [5.41, 5.74) is 1.72. The first-order valence-electron chi connectivity index (χ1n) is 7.95. The molecule has 19 heavy (non-hydrogen) atoms. The Morgan fingerprint density at radius 3 is 2.53 bits per heavy atom. The minimum Gasteiger partial charge on any atom is -0.112 e. The second-order valence-electron chi connectivity index (χ2n) is 6.36. The molecule has 1 heterocycles. The van der Waals surface area contributed by atoms with Crippen LogP contribution in [0.2, 0.25) is 0 Å². The number of hydrogen-bond acceptors (Lipinski definition) is 1. The van der Waals surface area contributed by atoms with Gasteiger partial charge in [0.25, 0.3) is 0 Å². The maximum absolute atomic E-state index is 2.47. The summed E-state index contributed by atoms with van der Waals surface area (Å²) >= 11 is 0. The van der Waals surface area contributed by atoms with E-state index in [2.05, 4.69) is 43.7 Å². The molecule has 0 saturated heterocycles. The van der Waals surface area contributed by atoms with Crippen molar-refractivity contribution in [3.05, 3.63) is 21.9 Å². The molecule has 1 aromatic heterocycles. The first kappa shape index (κ1) is 15.1. The molecule has 0 aromatic carbocycles. The van der Waals surface area contributed by atoms with Gasteiger partial charge in [-0.2, -0.15) is 0 Å². The molecule has 1 fully saturated rings. The van der Waals surface area contributed by atoms with Crippen LogP contribution in [0, 0.1) is 5.92 Å². The molecule has 1 nitrogen and oxygen atoms in total. The normalized spacial score (nSPS) is 19.9. The fraction of sp³-hybridized carbons (Fsp3) is 0.765. The predicted octanol–water partition coefficient (Wildman–Crippen LogP) is 5.27. The Morgan fingerprint density at radius 2 is 1.95 bits per heavy atom. The van der Waals surface area contributed by atoms with Crippen molar-refractivity contribution in [2.75, 3.05) is 18.4 Å². The van der Waals surface area contributed by atoms with E-state index in [-0.39, 0.29) is 10.7 Å². The van der Waals surface area contributed by atoms with Gasteiger partial charge in [0.2, 0.25) is 0 Å². The van der Waals surface area contributed by atoms with Crippen LogP contribution in [0.5, 0.6) is 0 Å². The Balaban J connectivity index is 2.25. The van der Waals surface area contributed by atoms with Gasteiger partial charge in [-0.05, 0) is 24.7 Å². The van der Waals surface area contributed by atoms with Gasteiger partial charge in [0.1, 0.15) is 0 Å². The molecule has 2 unspecified atom stereocenters. The van der Waals surface area contributed by atoms with Crippen molar-refractivity contribution in [3.63, 3.8) is 0 Å². The van der Waals surface area contributed by atoms with Crippen LogP contribution in [-0.2, 0) is 6.42 Å². The van der Waals surface area contributed by atoms with E-state index in [1.54, 1.807) is 10.4 Å². The molecule has 1 aliphatic carbocycles. The molecule has 1 aromatic rings. The highest BCUT2D eigenvalue weighted by Crippen LogP contribution is 2.41. The minimum atomic E-state index is 0.262. The van der Waals surface area contributed by atoms with E-state index >= 15 is 0 Å². The number of nitrogens with zero attached hydrogens (tertiary/aromatic N) is 1. The van der Waals surface area contributed by atoms with E-state index in [1.165, 1.54) is 44.9 Å². The molecule has 0 N–H and O–H groups in total. The summed E-state index contributed by atoms with van der Waals surface area (Å²) < 4.78 is 2.41. The van der Waals surface area contributed by atoms with Crippen LogP contribution in [0.25, 0.3) is 0 Å². The third kappa shape index (κ3) is 3.61. The molecule has 108 valence electrons. The lowest BCUT2D eigenvalue weighted by Gasteiger charge is -2.21. The number of rotatable bonds is 5. The van der Waals surface area contributed by atoms with Crippen LogP contribution in [-0.4, -0.2) is 14.1 Å². The monoisotopic (exact) mass is 280 g/mol.